The Morgan fingerprint density at radius 3 is 2.46 bits per heavy atom. The van der Waals surface area contributed by atoms with E-state index in [1.807, 2.05) is 13.8 Å². The van der Waals surface area contributed by atoms with E-state index in [4.69, 9.17) is 0 Å². The van der Waals surface area contributed by atoms with Gasteiger partial charge in [-0.25, -0.2) is 4.98 Å². The van der Waals surface area contributed by atoms with Gasteiger partial charge < -0.3 is 4.98 Å². The standard InChI is InChI=1S/C10H16N2O/c1-4-10(5-2,8(3)13)9-6-11-7-12-9/h6-7H,4-5H2,1-3H3,(H,11,12). The number of nitrogens with zero attached hydrogens (tertiary/aromatic N) is 1. The van der Waals surface area contributed by atoms with Crippen LogP contribution >= 0.6 is 0 Å². The molecular formula is C10H16N2O. The SMILES string of the molecule is CCC(CC)(C(C)=O)c1cnc[nH]1. The van der Waals surface area contributed by atoms with Gasteiger partial charge >= 0.3 is 0 Å². The van der Waals surface area contributed by atoms with Gasteiger partial charge in [0.05, 0.1) is 11.7 Å². The second-order valence-electron chi connectivity index (χ2n) is 3.31. The minimum absolute atomic E-state index is 0.210. The molecule has 0 aliphatic heterocycles. The van der Waals surface area contributed by atoms with Crippen LogP contribution in [-0.2, 0) is 10.2 Å². The van der Waals surface area contributed by atoms with Crippen LogP contribution in [-0.4, -0.2) is 15.8 Å². The van der Waals surface area contributed by atoms with E-state index in [1.165, 1.54) is 0 Å². The van der Waals surface area contributed by atoms with Gasteiger partial charge in [-0.2, -0.15) is 0 Å². The first-order chi connectivity index (χ1) is 6.17. The Labute approximate surface area is 78.6 Å². The van der Waals surface area contributed by atoms with Crippen molar-refractivity contribution in [3.8, 4) is 0 Å². The lowest BCUT2D eigenvalue weighted by Crippen LogP contribution is -2.33. The number of aromatic amines is 1. The zero-order valence-electron chi connectivity index (χ0n) is 8.42. The van der Waals surface area contributed by atoms with Crippen LogP contribution in [0.1, 0.15) is 39.3 Å². The topological polar surface area (TPSA) is 45.8 Å². The van der Waals surface area contributed by atoms with Crippen LogP contribution in [0.25, 0.3) is 0 Å². The molecule has 0 spiro atoms. The molecule has 0 aliphatic rings. The Morgan fingerprint density at radius 1 is 1.54 bits per heavy atom. The predicted molar refractivity (Wildman–Crippen MR) is 51.5 cm³/mol. The third-order valence-corrected chi connectivity index (χ3v) is 2.89. The molecule has 0 aliphatic carbocycles. The first-order valence-corrected chi connectivity index (χ1v) is 4.67. The summed E-state index contributed by atoms with van der Waals surface area (Å²) in [7, 11) is 0. The van der Waals surface area contributed by atoms with Gasteiger partial charge in [0.1, 0.15) is 5.78 Å². The molecule has 1 aromatic rings. The van der Waals surface area contributed by atoms with E-state index in [9.17, 15) is 4.79 Å². The number of Topliss-reactive ketones (excluding diaryl/α,β-unsaturated/α-hetero) is 1. The van der Waals surface area contributed by atoms with Crippen LogP contribution < -0.4 is 0 Å². The fourth-order valence-electron chi connectivity index (χ4n) is 1.84. The molecule has 0 bridgehead atoms. The van der Waals surface area contributed by atoms with E-state index < -0.39 is 0 Å². The van der Waals surface area contributed by atoms with Gasteiger partial charge in [0, 0.05) is 11.9 Å². The molecule has 0 amide bonds. The molecule has 1 aromatic heterocycles. The van der Waals surface area contributed by atoms with E-state index in [0.29, 0.717) is 0 Å². The number of imidazole rings is 1. The quantitative estimate of drug-likeness (QED) is 0.770. The van der Waals surface area contributed by atoms with Crippen LogP contribution in [0, 0.1) is 0 Å². The van der Waals surface area contributed by atoms with Crippen molar-refractivity contribution in [3.63, 3.8) is 0 Å². The summed E-state index contributed by atoms with van der Waals surface area (Å²) in [6, 6.07) is 0. The van der Waals surface area contributed by atoms with Gasteiger partial charge in [-0.3, -0.25) is 4.79 Å². The first kappa shape index (κ1) is 9.96. The third kappa shape index (κ3) is 1.50. The maximum atomic E-state index is 11.6. The molecule has 3 nitrogen and oxygen atoms in total. The van der Waals surface area contributed by atoms with Crippen molar-refractivity contribution in [2.24, 2.45) is 0 Å². The minimum atomic E-state index is -0.351. The van der Waals surface area contributed by atoms with Gasteiger partial charge in [-0.1, -0.05) is 13.8 Å². The number of carbonyl (C=O) groups is 1. The average molecular weight is 180 g/mol. The normalized spacial score (nSPS) is 11.6. The Hall–Kier alpha value is -1.12. The van der Waals surface area contributed by atoms with E-state index in [2.05, 4.69) is 9.97 Å². The number of carbonyl (C=O) groups excluding carboxylic acids is 1. The van der Waals surface area contributed by atoms with Gasteiger partial charge in [0.2, 0.25) is 0 Å². The average Bonchev–Trinajstić information content (AvgIpc) is 2.60. The lowest BCUT2D eigenvalue weighted by molar-refractivity contribution is -0.122. The van der Waals surface area contributed by atoms with Crippen LogP contribution in [0.2, 0.25) is 0 Å². The summed E-state index contributed by atoms with van der Waals surface area (Å²) in [5, 5.41) is 0. The molecule has 0 fully saturated rings. The Bertz CT molecular complexity index is 273. The first-order valence-electron chi connectivity index (χ1n) is 4.67. The van der Waals surface area contributed by atoms with Crippen molar-refractivity contribution in [1.82, 2.24) is 9.97 Å². The summed E-state index contributed by atoms with van der Waals surface area (Å²) in [6.07, 6.45) is 5.01. The van der Waals surface area contributed by atoms with Crippen LogP contribution in [0.15, 0.2) is 12.5 Å². The smallest absolute Gasteiger partial charge is 0.141 e. The molecule has 0 radical (unpaired) electrons. The molecule has 1 heterocycles. The maximum Gasteiger partial charge on any atom is 0.141 e. The molecule has 1 rings (SSSR count). The summed E-state index contributed by atoms with van der Waals surface area (Å²) in [6.45, 7) is 5.71. The molecular weight excluding hydrogens is 164 g/mol. The zero-order valence-corrected chi connectivity index (χ0v) is 8.42. The van der Waals surface area contributed by atoms with Crippen LogP contribution in [0.3, 0.4) is 0 Å². The highest BCUT2D eigenvalue weighted by Gasteiger charge is 2.34. The van der Waals surface area contributed by atoms with E-state index in [0.717, 1.165) is 18.5 Å². The van der Waals surface area contributed by atoms with Crippen molar-refractivity contribution < 1.29 is 4.79 Å². The van der Waals surface area contributed by atoms with Crippen molar-refractivity contribution >= 4 is 5.78 Å². The van der Waals surface area contributed by atoms with E-state index >= 15 is 0 Å². The second kappa shape index (κ2) is 3.73. The monoisotopic (exact) mass is 180 g/mol. The number of ketones is 1. The van der Waals surface area contributed by atoms with Crippen molar-refractivity contribution in [1.29, 1.82) is 0 Å². The molecule has 0 saturated carbocycles. The summed E-state index contributed by atoms with van der Waals surface area (Å²) < 4.78 is 0. The number of aromatic nitrogens is 2. The number of hydrogen-bond acceptors (Lipinski definition) is 2. The zero-order chi connectivity index (χ0) is 9.90. The molecule has 72 valence electrons. The fourth-order valence-corrected chi connectivity index (χ4v) is 1.84. The minimum Gasteiger partial charge on any atom is -0.348 e. The Kier molecular flexibility index (Phi) is 2.86. The maximum absolute atomic E-state index is 11.6. The highest BCUT2D eigenvalue weighted by atomic mass is 16.1. The van der Waals surface area contributed by atoms with Gasteiger partial charge in [0.15, 0.2) is 0 Å². The molecule has 0 aromatic carbocycles. The number of H-pyrrole nitrogens is 1. The lowest BCUT2D eigenvalue weighted by atomic mass is 9.76. The van der Waals surface area contributed by atoms with Gasteiger partial charge in [-0.05, 0) is 19.8 Å². The molecule has 0 unspecified atom stereocenters. The highest BCUT2D eigenvalue weighted by Crippen LogP contribution is 2.30. The van der Waals surface area contributed by atoms with Crippen molar-refractivity contribution in [2.75, 3.05) is 0 Å². The molecule has 13 heavy (non-hydrogen) atoms. The van der Waals surface area contributed by atoms with E-state index in [1.54, 1.807) is 19.4 Å². The number of nitrogens with one attached hydrogen (secondary N) is 1. The largest absolute Gasteiger partial charge is 0.348 e. The highest BCUT2D eigenvalue weighted by molar-refractivity contribution is 5.87. The molecule has 3 heteroatoms. The third-order valence-electron chi connectivity index (χ3n) is 2.89. The van der Waals surface area contributed by atoms with E-state index in [-0.39, 0.29) is 11.2 Å². The van der Waals surface area contributed by atoms with Crippen LogP contribution in [0.4, 0.5) is 0 Å². The lowest BCUT2D eigenvalue weighted by Gasteiger charge is -2.26. The summed E-state index contributed by atoms with van der Waals surface area (Å²) in [5.41, 5.74) is 0.584. The predicted octanol–water partition coefficient (Wildman–Crippen LogP) is 2.06. The summed E-state index contributed by atoms with van der Waals surface area (Å²) in [4.78, 5) is 18.6. The summed E-state index contributed by atoms with van der Waals surface area (Å²) in [5.74, 6) is 0.210. The van der Waals surface area contributed by atoms with Crippen molar-refractivity contribution in [3.05, 3.63) is 18.2 Å². The second-order valence-corrected chi connectivity index (χ2v) is 3.31. The molecule has 0 saturated heterocycles. The number of rotatable bonds is 4. The molecule has 1 N–H and O–H groups in total. The number of hydrogen-bond donors (Lipinski definition) is 1. The Balaban J connectivity index is 3.11. The van der Waals surface area contributed by atoms with Gasteiger partial charge in [-0.15, -0.1) is 0 Å². The Morgan fingerprint density at radius 2 is 2.15 bits per heavy atom. The fraction of sp³-hybridized carbons (Fsp3) is 0.600. The van der Waals surface area contributed by atoms with Gasteiger partial charge in [0.25, 0.3) is 0 Å². The summed E-state index contributed by atoms with van der Waals surface area (Å²) >= 11 is 0. The van der Waals surface area contributed by atoms with Crippen LogP contribution in [0.5, 0.6) is 0 Å². The molecule has 0 atom stereocenters. The van der Waals surface area contributed by atoms with Crippen molar-refractivity contribution in [2.45, 2.75) is 39.0 Å².